The first-order valence-corrected chi connectivity index (χ1v) is 12.1. The molecule has 35 heavy (non-hydrogen) atoms. The van der Waals surface area contributed by atoms with Gasteiger partial charge in [-0.2, -0.15) is 0 Å². The van der Waals surface area contributed by atoms with E-state index < -0.39 is 11.6 Å². The SMILES string of the molecule is CCC1(O)C(=O)OCc2c1cc1n(c2=O)Cc2c-1nc1cccc3c1c2N(CCC(C)(C)C)C=N3. The number of aromatic nitrogens is 2. The predicted octanol–water partition coefficient (Wildman–Crippen LogP) is 4.00. The Labute approximate surface area is 202 Å². The fourth-order valence-electron chi connectivity index (χ4n) is 5.33. The second kappa shape index (κ2) is 7.24. The summed E-state index contributed by atoms with van der Waals surface area (Å²) in [6.07, 6.45) is 2.96. The molecule has 0 aliphatic carbocycles. The molecule has 6 rings (SSSR count). The van der Waals surface area contributed by atoms with Crippen molar-refractivity contribution in [3.8, 4) is 11.4 Å². The molecule has 1 aromatic carbocycles. The van der Waals surface area contributed by atoms with Gasteiger partial charge in [0, 0.05) is 17.7 Å². The maximum Gasteiger partial charge on any atom is 0.343 e. The van der Waals surface area contributed by atoms with Gasteiger partial charge < -0.3 is 19.3 Å². The lowest BCUT2D eigenvalue weighted by Gasteiger charge is -2.31. The second-order valence-corrected chi connectivity index (χ2v) is 10.8. The largest absolute Gasteiger partial charge is 0.458 e. The fraction of sp³-hybridized carbons (Fsp3) is 0.407. The van der Waals surface area contributed by atoms with E-state index in [1.165, 1.54) is 0 Å². The van der Waals surface area contributed by atoms with Gasteiger partial charge in [-0.3, -0.25) is 4.79 Å². The van der Waals surface area contributed by atoms with Crippen LogP contribution in [0.5, 0.6) is 0 Å². The van der Waals surface area contributed by atoms with Crippen LogP contribution in [0.1, 0.15) is 57.2 Å². The van der Waals surface area contributed by atoms with Crippen LogP contribution in [0.25, 0.3) is 22.3 Å². The number of hydrogen-bond acceptors (Lipinski definition) is 7. The summed E-state index contributed by atoms with van der Waals surface area (Å²) in [6, 6.07) is 7.64. The van der Waals surface area contributed by atoms with Gasteiger partial charge in [-0.1, -0.05) is 33.8 Å². The molecule has 1 atom stereocenters. The molecule has 180 valence electrons. The summed E-state index contributed by atoms with van der Waals surface area (Å²) in [5.74, 6) is -0.717. The number of nitrogens with zero attached hydrogens (tertiary/aromatic N) is 4. The molecule has 0 bridgehead atoms. The van der Waals surface area contributed by atoms with Gasteiger partial charge in [0.2, 0.25) is 0 Å². The summed E-state index contributed by atoms with van der Waals surface area (Å²) < 4.78 is 6.89. The Morgan fingerprint density at radius 1 is 1.20 bits per heavy atom. The zero-order valence-electron chi connectivity index (χ0n) is 20.4. The quantitative estimate of drug-likeness (QED) is 0.453. The van der Waals surface area contributed by atoms with Gasteiger partial charge in [0.25, 0.3) is 5.56 Å². The van der Waals surface area contributed by atoms with Crippen molar-refractivity contribution in [3.63, 3.8) is 0 Å². The van der Waals surface area contributed by atoms with Crippen molar-refractivity contribution in [3.05, 3.63) is 51.3 Å². The summed E-state index contributed by atoms with van der Waals surface area (Å²) in [5.41, 5.74) is 3.69. The number of pyridine rings is 2. The summed E-state index contributed by atoms with van der Waals surface area (Å²) in [7, 11) is 0. The molecule has 3 aliphatic heterocycles. The van der Waals surface area contributed by atoms with E-state index in [0.717, 1.165) is 40.8 Å². The second-order valence-electron chi connectivity index (χ2n) is 10.8. The van der Waals surface area contributed by atoms with E-state index in [1.807, 2.05) is 24.5 Å². The number of aliphatic imine (C=N–C) groups is 1. The normalized spacial score (nSPS) is 20.0. The molecule has 8 nitrogen and oxygen atoms in total. The number of rotatable bonds is 3. The third-order valence-electron chi connectivity index (χ3n) is 7.39. The minimum Gasteiger partial charge on any atom is -0.458 e. The van der Waals surface area contributed by atoms with E-state index in [1.54, 1.807) is 17.6 Å². The van der Waals surface area contributed by atoms with Gasteiger partial charge in [-0.05, 0) is 36.5 Å². The van der Waals surface area contributed by atoms with E-state index in [-0.39, 0.29) is 24.0 Å². The summed E-state index contributed by atoms with van der Waals surface area (Å²) >= 11 is 0. The zero-order valence-corrected chi connectivity index (χ0v) is 20.4. The number of ether oxygens (including phenoxy) is 1. The molecule has 5 heterocycles. The van der Waals surface area contributed by atoms with Crippen LogP contribution < -0.4 is 10.5 Å². The van der Waals surface area contributed by atoms with Crippen molar-refractivity contribution in [1.29, 1.82) is 0 Å². The van der Waals surface area contributed by atoms with E-state index in [0.29, 0.717) is 29.1 Å². The van der Waals surface area contributed by atoms with Crippen LogP contribution in [-0.2, 0) is 28.3 Å². The van der Waals surface area contributed by atoms with Crippen molar-refractivity contribution in [1.82, 2.24) is 9.55 Å². The van der Waals surface area contributed by atoms with Crippen LogP contribution in [0.2, 0.25) is 0 Å². The standard InChI is InChI=1S/C27H28N4O4/c1-5-27(34)17-11-20-22-15(12-31(20)24(32)16(17)13-35-25(27)33)23-21-18(7-6-8-19(21)29-22)28-14-30(23)10-9-26(2,3)4/h6-8,11,14,34H,5,9-10,12-13H2,1-4H3. The van der Waals surface area contributed by atoms with Crippen molar-refractivity contribution in [2.45, 2.75) is 59.3 Å². The van der Waals surface area contributed by atoms with E-state index in [2.05, 4.69) is 25.7 Å². The van der Waals surface area contributed by atoms with Crippen molar-refractivity contribution in [2.24, 2.45) is 10.4 Å². The Bertz CT molecular complexity index is 1510. The Kier molecular flexibility index (Phi) is 4.55. The van der Waals surface area contributed by atoms with Gasteiger partial charge in [0.05, 0.1) is 52.1 Å². The van der Waals surface area contributed by atoms with E-state index in [9.17, 15) is 14.7 Å². The van der Waals surface area contributed by atoms with Crippen LogP contribution in [0.4, 0.5) is 11.4 Å². The van der Waals surface area contributed by atoms with E-state index in [4.69, 9.17) is 14.7 Å². The zero-order chi connectivity index (χ0) is 24.7. The third-order valence-corrected chi connectivity index (χ3v) is 7.39. The van der Waals surface area contributed by atoms with Crippen LogP contribution in [0.15, 0.2) is 34.1 Å². The van der Waals surface area contributed by atoms with Crippen molar-refractivity contribution in [2.75, 3.05) is 11.4 Å². The summed E-state index contributed by atoms with van der Waals surface area (Å²) in [4.78, 5) is 37.9. The summed E-state index contributed by atoms with van der Waals surface area (Å²) in [6.45, 7) is 9.36. The van der Waals surface area contributed by atoms with Gasteiger partial charge in [0.15, 0.2) is 5.60 Å². The lowest BCUT2D eigenvalue weighted by atomic mass is 9.86. The number of aliphatic hydroxyl groups is 1. The first-order valence-electron chi connectivity index (χ1n) is 12.1. The molecule has 0 saturated carbocycles. The molecule has 8 heteroatoms. The Morgan fingerprint density at radius 3 is 2.74 bits per heavy atom. The highest BCUT2D eigenvalue weighted by Gasteiger charge is 2.45. The van der Waals surface area contributed by atoms with E-state index >= 15 is 0 Å². The fourth-order valence-corrected chi connectivity index (χ4v) is 5.33. The molecular formula is C27H28N4O4. The number of benzene rings is 1. The Morgan fingerprint density at radius 2 is 2.00 bits per heavy atom. The molecule has 2 aromatic heterocycles. The van der Waals surface area contributed by atoms with Crippen molar-refractivity contribution >= 4 is 34.6 Å². The highest BCUT2D eigenvalue weighted by Crippen LogP contribution is 2.46. The van der Waals surface area contributed by atoms with Crippen molar-refractivity contribution < 1.29 is 14.6 Å². The molecule has 0 fully saturated rings. The number of fused-ring (bicyclic) bond motifs is 5. The minimum atomic E-state index is -1.84. The summed E-state index contributed by atoms with van der Waals surface area (Å²) in [5, 5.41) is 12.1. The molecule has 0 saturated heterocycles. The highest BCUT2D eigenvalue weighted by atomic mass is 16.6. The maximum atomic E-state index is 13.6. The number of anilines is 1. The number of esters is 1. The van der Waals surface area contributed by atoms with Crippen LogP contribution in [-0.4, -0.2) is 33.5 Å². The maximum absolute atomic E-state index is 13.6. The number of carbonyl (C=O) groups excluding carboxylic acids is 1. The van der Waals surface area contributed by atoms with Crippen LogP contribution in [0, 0.1) is 5.41 Å². The van der Waals surface area contributed by atoms with Crippen LogP contribution in [0.3, 0.4) is 0 Å². The lowest BCUT2D eigenvalue weighted by Crippen LogP contribution is -2.44. The molecule has 0 amide bonds. The first kappa shape index (κ1) is 22.0. The molecular weight excluding hydrogens is 444 g/mol. The number of hydrogen-bond donors (Lipinski definition) is 1. The van der Waals surface area contributed by atoms with Gasteiger partial charge in [0.1, 0.15) is 6.61 Å². The Balaban J connectivity index is 1.60. The smallest absolute Gasteiger partial charge is 0.343 e. The molecule has 0 spiro atoms. The number of carbonyl (C=O) groups is 1. The molecule has 3 aliphatic rings. The van der Waals surface area contributed by atoms with Crippen LogP contribution >= 0.6 is 0 Å². The molecule has 0 radical (unpaired) electrons. The topological polar surface area (TPSA) is 97.0 Å². The predicted molar refractivity (Wildman–Crippen MR) is 134 cm³/mol. The average molecular weight is 473 g/mol. The first-order chi connectivity index (χ1) is 16.6. The monoisotopic (exact) mass is 472 g/mol. The molecule has 3 aromatic rings. The third kappa shape index (κ3) is 3.09. The number of cyclic esters (lactones) is 1. The van der Waals surface area contributed by atoms with Gasteiger partial charge in [-0.25, -0.2) is 14.8 Å². The van der Waals surface area contributed by atoms with Gasteiger partial charge >= 0.3 is 5.97 Å². The minimum absolute atomic E-state index is 0.116. The molecule has 1 unspecified atom stereocenters. The average Bonchev–Trinajstić information content (AvgIpc) is 3.19. The Hall–Kier alpha value is -3.52. The molecule has 1 N–H and O–H groups in total. The lowest BCUT2D eigenvalue weighted by molar-refractivity contribution is -0.172. The van der Waals surface area contributed by atoms with Gasteiger partial charge in [-0.15, -0.1) is 0 Å². The highest BCUT2D eigenvalue weighted by molar-refractivity contribution is 6.11.